The van der Waals surface area contributed by atoms with Gasteiger partial charge in [-0.05, 0) is 63.6 Å². The van der Waals surface area contributed by atoms with E-state index in [4.69, 9.17) is 4.74 Å². The summed E-state index contributed by atoms with van der Waals surface area (Å²) in [6.45, 7) is 14.5. The molecule has 39 heavy (non-hydrogen) atoms. The fourth-order valence-electron chi connectivity index (χ4n) is 6.16. The maximum atomic E-state index is 12.5. The van der Waals surface area contributed by atoms with Gasteiger partial charge in [0.2, 0.25) is 11.8 Å². The summed E-state index contributed by atoms with van der Waals surface area (Å²) in [5.41, 5.74) is 2.45. The topological polar surface area (TPSA) is 100 Å². The first-order chi connectivity index (χ1) is 18.5. The van der Waals surface area contributed by atoms with Crippen molar-refractivity contribution in [1.82, 2.24) is 24.9 Å². The maximum Gasteiger partial charge on any atom is 0.410 e. The molecule has 0 bridgehead atoms. The zero-order valence-electron chi connectivity index (χ0n) is 23.9. The molecule has 10 heteroatoms. The third kappa shape index (κ3) is 6.05. The molecule has 0 aliphatic carbocycles. The number of aromatic nitrogens is 2. The summed E-state index contributed by atoms with van der Waals surface area (Å²) in [5.74, 6) is 0.163. The van der Waals surface area contributed by atoms with E-state index >= 15 is 0 Å². The average molecular weight is 539 g/mol. The molecule has 3 atom stereocenters. The van der Waals surface area contributed by atoms with Crippen LogP contribution in [0, 0.1) is 11.8 Å². The van der Waals surface area contributed by atoms with Crippen molar-refractivity contribution in [2.45, 2.75) is 58.5 Å². The van der Waals surface area contributed by atoms with E-state index in [0.717, 1.165) is 68.8 Å². The van der Waals surface area contributed by atoms with Crippen molar-refractivity contribution < 1.29 is 19.1 Å². The summed E-state index contributed by atoms with van der Waals surface area (Å²) in [7, 11) is 1.91. The Morgan fingerprint density at radius 2 is 1.85 bits per heavy atom. The van der Waals surface area contributed by atoms with Gasteiger partial charge in [0, 0.05) is 70.4 Å². The number of imide groups is 1. The number of ether oxygens (including phenoxy) is 1. The molecule has 4 heterocycles. The number of benzene rings is 1. The highest BCUT2D eigenvalue weighted by Gasteiger charge is 2.34. The predicted molar refractivity (Wildman–Crippen MR) is 150 cm³/mol. The fourth-order valence-corrected chi connectivity index (χ4v) is 6.16. The zero-order valence-corrected chi connectivity index (χ0v) is 23.9. The molecule has 3 fully saturated rings. The minimum Gasteiger partial charge on any atom is -0.444 e. The van der Waals surface area contributed by atoms with Crippen molar-refractivity contribution >= 4 is 34.5 Å². The van der Waals surface area contributed by atoms with Crippen molar-refractivity contribution in [3.63, 3.8) is 0 Å². The summed E-state index contributed by atoms with van der Waals surface area (Å²) in [4.78, 5) is 43.4. The van der Waals surface area contributed by atoms with Crippen molar-refractivity contribution in [1.29, 1.82) is 0 Å². The van der Waals surface area contributed by atoms with Gasteiger partial charge in [-0.15, -0.1) is 0 Å². The van der Waals surface area contributed by atoms with Gasteiger partial charge in [-0.25, -0.2) is 4.79 Å². The highest BCUT2D eigenvalue weighted by atomic mass is 16.6. The lowest BCUT2D eigenvalue weighted by Crippen LogP contribution is -2.51. The van der Waals surface area contributed by atoms with Crippen LogP contribution < -0.4 is 10.2 Å². The quantitative estimate of drug-likeness (QED) is 0.597. The Bertz CT molecular complexity index is 1240. The van der Waals surface area contributed by atoms with Crippen LogP contribution in [0.3, 0.4) is 0 Å². The van der Waals surface area contributed by atoms with Gasteiger partial charge in [-0.1, -0.05) is 6.92 Å². The van der Waals surface area contributed by atoms with Gasteiger partial charge < -0.3 is 14.5 Å². The van der Waals surface area contributed by atoms with E-state index in [-0.39, 0.29) is 23.8 Å². The Labute approximate surface area is 230 Å². The number of nitrogens with one attached hydrogen (secondary N) is 1. The number of amides is 3. The monoisotopic (exact) mass is 538 g/mol. The Hall–Kier alpha value is -3.14. The molecular formula is C29H42N6O4. The number of likely N-dealkylation sites (tertiary alicyclic amines) is 1. The van der Waals surface area contributed by atoms with Crippen molar-refractivity contribution in [3.8, 4) is 0 Å². The predicted octanol–water partition coefficient (Wildman–Crippen LogP) is 3.11. The molecule has 0 radical (unpaired) electrons. The van der Waals surface area contributed by atoms with Crippen LogP contribution >= 0.6 is 0 Å². The molecule has 1 aromatic carbocycles. The molecule has 3 aliphatic heterocycles. The van der Waals surface area contributed by atoms with E-state index in [9.17, 15) is 14.4 Å². The maximum absolute atomic E-state index is 12.5. The van der Waals surface area contributed by atoms with Crippen LogP contribution in [0.1, 0.15) is 58.6 Å². The zero-order chi connectivity index (χ0) is 27.9. The lowest BCUT2D eigenvalue weighted by molar-refractivity contribution is -0.134. The third-order valence-electron chi connectivity index (χ3n) is 8.40. The van der Waals surface area contributed by atoms with Crippen molar-refractivity contribution in [2.24, 2.45) is 18.9 Å². The van der Waals surface area contributed by atoms with Gasteiger partial charge in [0.1, 0.15) is 5.60 Å². The molecule has 3 saturated heterocycles. The normalized spacial score (nSPS) is 25.2. The third-order valence-corrected chi connectivity index (χ3v) is 8.40. The number of hydrogen-bond acceptors (Lipinski definition) is 7. The van der Waals surface area contributed by atoms with E-state index in [1.165, 1.54) is 5.69 Å². The van der Waals surface area contributed by atoms with Crippen molar-refractivity contribution in [3.05, 3.63) is 23.9 Å². The van der Waals surface area contributed by atoms with E-state index in [2.05, 4.69) is 45.3 Å². The molecule has 1 aromatic heterocycles. The van der Waals surface area contributed by atoms with Crippen LogP contribution in [0.5, 0.6) is 0 Å². The Morgan fingerprint density at radius 1 is 1.10 bits per heavy atom. The van der Waals surface area contributed by atoms with E-state index in [1.54, 1.807) is 0 Å². The molecule has 10 nitrogen and oxygen atoms in total. The van der Waals surface area contributed by atoms with E-state index in [0.29, 0.717) is 24.7 Å². The number of aryl methyl sites for hydroxylation is 1. The highest BCUT2D eigenvalue weighted by Crippen LogP contribution is 2.33. The summed E-state index contributed by atoms with van der Waals surface area (Å²) >= 11 is 0. The van der Waals surface area contributed by atoms with Gasteiger partial charge in [0.25, 0.3) is 0 Å². The van der Waals surface area contributed by atoms with E-state index in [1.807, 2.05) is 37.4 Å². The number of carbonyl (C=O) groups excluding carboxylic acids is 3. The van der Waals surface area contributed by atoms with Crippen LogP contribution in [0.4, 0.5) is 10.5 Å². The molecule has 0 spiro atoms. The van der Waals surface area contributed by atoms with Gasteiger partial charge in [0.15, 0.2) is 0 Å². The summed E-state index contributed by atoms with van der Waals surface area (Å²) in [6, 6.07) is 6.37. The fraction of sp³-hybridized carbons (Fsp3) is 0.655. The van der Waals surface area contributed by atoms with Crippen molar-refractivity contribution in [2.75, 3.05) is 50.7 Å². The summed E-state index contributed by atoms with van der Waals surface area (Å²) in [6.07, 6.45) is 1.65. The SMILES string of the molecule is C[C@H]1CN(C(=O)OC(C)(C)C)CC[C@H]1CN1CCN(c2ccc3c(C4CCC(=O)NC4=O)nn(C)c3c2)CC1. The minimum atomic E-state index is -0.464. The van der Waals surface area contributed by atoms with Crippen LogP contribution in [0.25, 0.3) is 10.9 Å². The largest absolute Gasteiger partial charge is 0.444 e. The highest BCUT2D eigenvalue weighted by molar-refractivity contribution is 6.02. The van der Waals surface area contributed by atoms with Gasteiger partial charge in [-0.3, -0.25) is 24.5 Å². The molecule has 1 unspecified atom stereocenters. The molecule has 2 aromatic rings. The Morgan fingerprint density at radius 3 is 2.51 bits per heavy atom. The molecular weight excluding hydrogens is 496 g/mol. The van der Waals surface area contributed by atoms with E-state index < -0.39 is 5.60 Å². The summed E-state index contributed by atoms with van der Waals surface area (Å²) in [5, 5.41) is 8.10. The standard InChI is InChI=1S/C29H42N6O4/c1-19-17-35(28(38)39-29(2,3)4)11-10-20(19)18-33-12-14-34(15-13-33)21-6-7-22-24(16-21)32(5)31-26(22)23-8-9-25(36)30-27(23)37/h6-7,16,19-20,23H,8-15,17-18H2,1-5H3,(H,30,36,37)/t19-,20-,23?/m0/s1. The molecule has 5 rings (SSSR count). The number of carbonyl (C=O) groups is 3. The number of piperidine rings is 2. The lowest BCUT2D eigenvalue weighted by Gasteiger charge is -2.42. The van der Waals surface area contributed by atoms with Crippen LogP contribution in [0.2, 0.25) is 0 Å². The molecule has 212 valence electrons. The van der Waals surface area contributed by atoms with Gasteiger partial charge >= 0.3 is 6.09 Å². The lowest BCUT2D eigenvalue weighted by atomic mass is 9.86. The number of fused-ring (bicyclic) bond motifs is 1. The smallest absolute Gasteiger partial charge is 0.410 e. The Kier molecular flexibility index (Phi) is 7.59. The number of hydrogen-bond donors (Lipinski definition) is 1. The Balaban J connectivity index is 1.16. The number of rotatable bonds is 4. The molecule has 0 saturated carbocycles. The van der Waals surface area contributed by atoms with Gasteiger partial charge in [0.05, 0.1) is 17.1 Å². The average Bonchev–Trinajstić information content (AvgIpc) is 3.20. The first-order valence-electron chi connectivity index (χ1n) is 14.2. The second-order valence-electron chi connectivity index (χ2n) is 12.5. The molecule has 3 aliphatic rings. The van der Waals surface area contributed by atoms with Crippen LogP contribution in [0.15, 0.2) is 18.2 Å². The summed E-state index contributed by atoms with van der Waals surface area (Å²) < 4.78 is 7.42. The molecule has 1 N–H and O–H groups in total. The first kappa shape index (κ1) is 27.4. The van der Waals surface area contributed by atoms with Crippen LogP contribution in [-0.2, 0) is 21.4 Å². The second kappa shape index (κ2) is 10.8. The minimum absolute atomic E-state index is 0.198. The van der Waals surface area contributed by atoms with Gasteiger partial charge in [-0.2, -0.15) is 5.10 Å². The van der Waals surface area contributed by atoms with Crippen LogP contribution in [-0.4, -0.2) is 88.9 Å². The second-order valence-corrected chi connectivity index (χ2v) is 12.5. The number of piperazine rings is 1. The number of nitrogens with zero attached hydrogens (tertiary/aromatic N) is 5. The molecule has 3 amide bonds. The number of anilines is 1. The first-order valence-corrected chi connectivity index (χ1v) is 14.2.